The van der Waals surface area contributed by atoms with E-state index in [1.807, 2.05) is 0 Å². The van der Waals surface area contributed by atoms with E-state index in [0.29, 0.717) is 21.1 Å². The zero-order valence-corrected chi connectivity index (χ0v) is 21.1. The second-order valence-corrected chi connectivity index (χ2v) is 10.9. The number of aliphatic imine (C=N–C) groups is 1. The Balaban J connectivity index is 2.27. The molecule has 170 valence electrons. The molecule has 0 fully saturated rings. The summed E-state index contributed by atoms with van der Waals surface area (Å²) in [7, 11) is -9.39. The number of ether oxygens (including phenoxy) is 1. The van der Waals surface area contributed by atoms with Gasteiger partial charge in [0.15, 0.2) is 5.96 Å². The van der Waals surface area contributed by atoms with Crippen LogP contribution in [0.25, 0.3) is 0 Å². The molecule has 0 aliphatic rings. The van der Waals surface area contributed by atoms with E-state index in [0.717, 1.165) is 11.6 Å². The summed E-state index contributed by atoms with van der Waals surface area (Å²) in [6.45, 7) is 1.83. The topological polar surface area (TPSA) is 164 Å². The number of hydrogen-bond acceptors (Lipinski definition) is 7. The number of nitrogens with two attached hydrogens (primary N) is 2. The van der Waals surface area contributed by atoms with Crippen LogP contribution in [0.1, 0.15) is 18.9 Å². The predicted molar refractivity (Wildman–Crippen MR) is 122 cm³/mol. The molecule has 5 N–H and O–H groups in total. The van der Waals surface area contributed by atoms with Crippen LogP contribution >= 0.6 is 39.7 Å². The number of hydrogen-bond donors (Lipinski definition) is 3. The van der Waals surface area contributed by atoms with Crippen LogP contribution in [0.15, 0.2) is 55.2 Å². The molecule has 0 amide bonds. The minimum atomic E-state index is -4.79. The van der Waals surface area contributed by atoms with Crippen molar-refractivity contribution in [1.82, 2.24) is 0 Å². The van der Waals surface area contributed by atoms with Crippen LogP contribution in [0, 0.1) is 0 Å². The molecule has 2 aromatic rings. The van der Waals surface area contributed by atoms with E-state index < -0.39 is 17.9 Å². The summed E-state index contributed by atoms with van der Waals surface area (Å²) in [5, 5.41) is 0. The van der Waals surface area contributed by atoms with Crippen molar-refractivity contribution in [2.75, 3.05) is 6.61 Å². The lowest BCUT2D eigenvalue weighted by molar-refractivity contribution is 0.206. The SMILES string of the molecule is CCCOP(=O)(O)OS(=O)(=O)c1ccc(Br)c(Oc2ccc(CN=C(N)N)cc2Br)c1. The van der Waals surface area contributed by atoms with Crippen molar-refractivity contribution < 1.29 is 31.1 Å². The summed E-state index contributed by atoms with van der Waals surface area (Å²) in [5.41, 5.74) is 11.5. The maximum atomic E-state index is 12.4. The molecule has 0 aliphatic carbocycles. The third-order valence-electron chi connectivity index (χ3n) is 3.50. The van der Waals surface area contributed by atoms with E-state index in [2.05, 4.69) is 45.3 Å². The van der Waals surface area contributed by atoms with Crippen LogP contribution < -0.4 is 16.2 Å². The maximum absolute atomic E-state index is 12.4. The van der Waals surface area contributed by atoms with Gasteiger partial charge in [-0.05, 0) is 68.1 Å². The molecule has 0 saturated heterocycles. The van der Waals surface area contributed by atoms with Gasteiger partial charge in [0.2, 0.25) is 0 Å². The lowest BCUT2D eigenvalue weighted by Gasteiger charge is -2.14. The molecular formula is C17H20Br2N3O7PS. The van der Waals surface area contributed by atoms with Gasteiger partial charge < -0.3 is 21.1 Å². The second-order valence-electron chi connectivity index (χ2n) is 6.03. The highest BCUT2D eigenvalue weighted by Crippen LogP contribution is 2.47. The van der Waals surface area contributed by atoms with Gasteiger partial charge in [-0.25, -0.2) is 9.56 Å². The Hall–Kier alpha value is -1.47. The second kappa shape index (κ2) is 10.9. The fourth-order valence-electron chi connectivity index (χ4n) is 2.14. The largest absolute Gasteiger partial charge is 0.487 e. The standard InChI is InChI=1S/C17H20Br2N3O7PS/c1-2-7-27-30(23,24)29-31(25,26)12-4-5-13(18)16(9-12)28-15-6-3-11(8-14(15)19)10-22-17(20)21/h3-6,8-9H,2,7,10H2,1H3,(H,23,24)(H4,20,21,22). The van der Waals surface area contributed by atoms with Gasteiger partial charge in [-0.3, -0.25) is 4.52 Å². The molecule has 0 saturated carbocycles. The van der Waals surface area contributed by atoms with Gasteiger partial charge >= 0.3 is 17.9 Å². The molecule has 0 heterocycles. The van der Waals surface area contributed by atoms with Crippen molar-refractivity contribution in [1.29, 1.82) is 0 Å². The summed E-state index contributed by atoms with van der Waals surface area (Å²) < 4.78 is 52.5. The molecule has 14 heteroatoms. The molecule has 1 atom stereocenters. The van der Waals surface area contributed by atoms with Gasteiger partial charge in [-0.1, -0.05) is 13.0 Å². The average Bonchev–Trinajstić information content (AvgIpc) is 2.67. The van der Waals surface area contributed by atoms with Gasteiger partial charge in [-0.15, -0.1) is 0 Å². The van der Waals surface area contributed by atoms with Crippen molar-refractivity contribution in [2.45, 2.75) is 24.8 Å². The molecule has 0 radical (unpaired) electrons. The molecule has 31 heavy (non-hydrogen) atoms. The number of phosphoric acid groups is 1. The third-order valence-corrected chi connectivity index (χ3v) is 7.66. The fourth-order valence-corrected chi connectivity index (χ4v) is 5.38. The molecule has 0 aliphatic heterocycles. The van der Waals surface area contributed by atoms with E-state index in [9.17, 15) is 17.9 Å². The van der Waals surface area contributed by atoms with Crippen LogP contribution in [0.4, 0.5) is 0 Å². The average molecular weight is 601 g/mol. The smallest absolute Gasteiger partial charge is 0.455 e. The van der Waals surface area contributed by atoms with E-state index in [1.54, 1.807) is 25.1 Å². The number of phosphoric ester groups is 1. The summed E-state index contributed by atoms with van der Waals surface area (Å²) in [6, 6.07) is 8.87. The Morgan fingerprint density at radius 2 is 1.84 bits per heavy atom. The van der Waals surface area contributed by atoms with Crippen LogP contribution in [0.3, 0.4) is 0 Å². The van der Waals surface area contributed by atoms with Crippen LogP contribution in [0.5, 0.6) is 11.5 Å². The van der Waals surface area contributed by atoms with Gasteiger partial charge in [0.1, 0.15) is 11.5 Å². The summed E-state index contributed by atoms with van der Waals surface area (Å²) in [4.78, 5) is 13.1. The number of rotatable bonds is 10. The molecule has 2 rings (SSSR count). The number of benzene rings is 2. The van der Waals surface area contributed by atoms with Crippen LogP contribution in [-0.4, -0.2) is 25.9 Å². The van der Waals surface area contributed by atoms with E-state index >= 15 is 0 Å². The number of halogens is 2. The number of nitrogens with zero attached hydrogens (tertiary/aromatic N) is 1. The quantitative estimate of drug-likeness (QED) is 0.208. The monoisotopic (exact) mass is 599 g/mol. The van der Waals surface area contributed by atoms with Crippen molar-refractivity contribution in [3.8, 4) is 11.5 Å². The third kappa shape index (κ3) is 7.86. The predicted octanol–water partition coefficient (Wildman–Crippen LogP) is 4.01. The lowest BCUT2D eigenvalue weighted by Crippen LogP contribution is -2.22. The highest BCUT2D eigenvalue weighted by molar-refractivity contribution is 9.11. The molecular weight excluding hydrogens is 581 g/mol. The van der Waals surface area contributed by atoms with Crippen molar-refractivity contribution in [3.63, 3.8) is 0 Å². The summed E-state index contributed by atoms with van der Waals surface area (Å²) in [5.74, 6) is 0.474. The zero-order valence-electron chi connectivity index (χ0n) is 16.2. The first-order chi connectivity index (χ1) is 14.4. The highest BCUT2D eigenvalue weighted by Gasteiger charge is 2.31. The molecule has 10 nitrogen and oxygen atoms in total. The Labute approximate surface area is 196 Å². The van der Waals surface area contributed by atoms with Gasteiger partial charge in [-0.2, -0.15) is 12.4 Å². The summed E-state index contributed by atoms with van der Waals surface area (Å²) in [6.07, 6.45) is 0.407. The van der Waals surface area contributed by atoms with Crippen molar-refractivity contribution in [3.05, 3.63) is 50.9 Å². The minimum Gasteiger partial charge on any atom is -0.455 e. The van der Waals surface area contributed by atoms with E-state index in [4.69, 9.17) is 16.2 Å². The maximum Gasteiger partial charge on any atom is 0.487 e. The lowest BCUT2D eigenvalue weighted by atomic mass is 10.2. The van der Waals surface area contributed by atoms with Gasteiger partial charge in [0.25, 0.3) is 0 Å². The van der Waals surface area contributed by atoms with Crippen molar-refractivity contribution >= 4 is 55.8 Å². The molecule has 0 bridgehead atoms. The van der Waals surface area contributed by atoms with Gasteiger partial charge in [0.05, 0.1) is 27.0 Å². The first-order valence-electron chi connectivity index (χ1n) is 8.68. The highest BCUT2D eigenvalue weighted by atomic mass is 79.9. The Kier molecular flexibility index (Phi) is 9.07. The molecule has 2 aromatic carbocycles. The Morgan fingerprint density at radius 1 is 1.13 bits per heavy atom. The molecule has 0 aromatic heterocycles. The summed E-state index contributed by atoms with van der Waals surface area (Å²) >= 11 is 6.66. The Morgan fingerprint density at radius 3 is 2.45 bits per heavy atom. The van der Waals surface area contributed by atoms with Crippen LogP contribution in [-0.2, 0) is 29.7 Å². The first-order valence-corrected chi connectivity index (χ1v) is 13.2. The van der Waals surface area contributed by atoms with E-state index in [-0.39, 0.29) is 29.8 Å². The molecule has 1 unspecified atom stereocenters. The zero-order chi connectivity index (χ0) is 23.2. The van der Waals surface area contributed by atoms with E-state index in [1.165, 1.54) is 12.1 Å². The minimum absolute atomic E-state index is 0.0341. The van der Waals surface area contributed by atoms with Crippen molar-refractivity contribution in [2.24, 2.45) is 16.5 Å². The first kappa shape index (κ1) is 25.8. The normalized spacial score (nSPS) is 13.4. The van der Waals surface area contributed by atoms with Crippen LogP contribution in [0.2, 0.25) is 0 Å². The van der Waals surface area contributed by atoms with Gasteiger partial charge in [0, 0.05) is 6.07 Å². The Bertz CT molecular complexity index is 1120. The number of guanidine groups is 1. The molecule has 0 spiro atoms. The fraction of sp³-hybridized carbons (Fsp3) is 0.235.